The average molecular weight is 302 g/mol. The van der Waals surface area contributed by atoms with Crippen LogP contribution < -0.4 is 0 Å². The molecule has 2 rings (SSSR count). The lowest BCUT2D eigenvalue weighted by atomic mass is 10.1. The normalized spacial score (nSPS) is 12.3. The van der Waals surface area contributed by atoms with Gasteiger partial charge < -0.3 is 0 Å². The molecule has 0 aromatic heterocycles. The van der Waals surface area contributed by atoms with Crippen LogP contribution in [0.1, 0.15) is 18.1 Å². The average Bonchev–Trinajstić information content (AvgIpc) is 2.54. The van der Waals surface area contributed by atoms with Crippen molar-refractivity contribution in [2.45, 2.75) is 26.1 Å². The number of benzene rings is 2. The van der Waals surface area contributed by atoms with Crippen LogP contribution in [0.15, 0.2) is 60.7 Å². The highest BCUT2D eigenvalue weighted by atomic mass is 35.5. The van der Waals surface area contributed by atoms with Crippen molar-refractivity contribution in [2.75, 3.05) is 5.88 Å². The summed E-state index contributed by atoms with van der Waals surface area (Å²) in [5.74, 6) is 0.116. The zero-order valence-electron chi connectivity index (χ0n) is 12.2. The third kappa shape index (κ3) is 4.69. The highest BCUT2D eigenvalue weighted by Gasteiger charge is 2.20. The molecular formula is C18H20ClNO. The van der Waals surface area contributed by atoms with E-state index in [0.29, 0.717) is 0 Å². The largest absolute Gasteiger partial charge is 0.297 e. The van der Waals surface area contributed by atoms with Gasteiger partial charge in [0.2, 0.25) is 0 Å². The molecule has 1 unspecified atom stereocenters. The van der Waals surface area contributed by atoms with Gasteiger partial charge in [-0.2, -0.15) is 0 Å². The molecule has 3 heteroatoms. The van der Waals surface area contributed by atoms with Gasteiger partial charge in [-0.3, -0.25) is 9.69 Å². The molecule has 0 aliphatic heterocycles. The van der Waals surface area contributed by atoms with Crippen molar-refractivity contribution in [1.29, 1.82) is 0 Å². The van der Waals surface area contributed by atoms with Crippen LogP contribution in [0.2, 0.25) is 0 Å². The van der Waals surface area contributed by atoms with E-state index in [1.54, 1.807) is 0 Å². The van der Waals surface area contributed by atoms with E-state index in [4.69, 9.17) is 11.6 Å². The summed E-state index contributed by atoms with van der Waals surface area (Å²) in [6.45, 7) is 3.40. The fourth-order valence-electron chi connectivity index (χ4n) is 2.28. The van der Waals surface area contributed by atoms with E-state index in [2.05, 4.69) is 29.2 Å². The zero-order chi connectivity index (χ0) is 15.1. The molecule has 1 atom stereocenters. The van der Waals surface area contributed by atoms with Gasteiger partial charge in [-0.1, -0.05) is 60.7 Å². The first-order valence-corrected chi connectivity index (χ1v) is 7.64. The van der Waals surface area contributed by atoms with E-state index in [-0.39, 0.29) is 17.7 Å². The Morgan fingerprint density at radius 1 is 0.952 bits per heavy atom. The van der Waals surface area contributed by atoms with Gasteiger partial charge in [0, 0.05) is 13.1 Å². The number of carbonyl (C=O) groups excluding carboxylic acids is 1. The van der Waals surface area contributed by atoms with E-state index < -0.39 is 0 Å². The van der Waals surface area contributed by atoms with Gasteiger partial charge in [-0.15, -0.1) is 11.6 Å². The maximum absolute atomic E-state index is 12.0. The Labute approximate surface area is 131 Å². The van der Waals surface area contributed by atoms with Crippen LogP contribution in [0.25, 0.3) is 0 Å². The molecule has 0 radical (unpaired) electrons. The lowest BCUT2D eigenvalue weighted by Gasteiger charge is -2.28. The van der Waals surface area contributed by atoms with Gasteiger partial charge in [-0.05, 0) is 18.1 Å². The van der Waals surface area contributed by atoms with Crippen LogP contribution in [0.5, 0.6) is 0 Å². The van der Waals surface area contributed by atoms with Crippen molar-refractivity contribution in [2.24, 2.45) is 0 Å². The number of hydrogen-bond donors (Lipinski definition) is 0. The molecule has 0 spiro atoms. The number of halogens is 1. The molecule has 0 aliphatic carbocycles. The Kier molecular flexibility index (Phi) is 5.97. The monoisotopic (exact) mass is 301 g/mol. The third-order valence-corrected chi connectivity index (χ3v) is 3.87. The van der Waals surface area contributed by atoms with Crippen LogP contribution in [0.4, 0.5) is 0 Å². The predicted octanol–water partition coefficient (Wildman–Crippen LogP) is 3.89. The minimum atomic E-state index is -0.192. The van der Waals surface area contributed by atoms with Crippen LogP contribution in [0, 0.1) is 0 Å². The second-order valence-corrected chi connectivity index (χ2v) is 5.42. The van der Waals surface area contributed by atoms with Crippen molar-refractivity contribution >= 4 is 17.4 Å². The summed E-state index contributed by atoms with van der Waals surface area (Å²) in [7, 11) is 0. The molecule has 2 aromatic rings. The molecule has 0 fully saturated rings. The van der Waals surface area contributed by atoms with Crippen molar-refractivity contribution < 1.29 is 4.79 Å². The van der Waals surface area contributed by atoms with E-state index in [0.717, 1.165) is 13.1 Å². The molecule has 2 nitrogen and oxygen atoms in total. The van der Waals surface area contributed by atoms with Crippen molar-refractivity contribution in [3.8, 4) is 0 Å². The lowest BCUT2D eigenvalue weighted by molar-refractivity contribution is -0.121. The fraction of sp³-hybridized carbons (Fsp3) is 0.278. The maximum Gasteiger partial charge on any atom is 0.164 e. The molecule has 110 valence electrons. The molecule has 0 aliphatic rings. The second kappa shape index (κ2) is 7.96. The molecule has 0 saturated carbocycles. The number of nitrogens with zero attached hydrogens (tertiary/aromatic N) is 1. The highest BCUT2D eigenvalue weighted by Crippen LogP contribution is 2.14. The minimum Gasteiger partial charge on any atom is -0.297 e. The summed E-state index contributed by atoms with van der Waals surface area (Å²) in [4.78, 5) is 14.1. The summed E-state index contributed by atoms with van der Waals surface area (Å²) in [6, 6.07) is 20.2. The quantitative estimate of drug-likeness (QED) is 0.723. The summed E-state index contributed by atoms with van der Waals surface area (Å²) in [5, 5.41) is 0. The Balaban J connectivity index is 2.15. The molecule has 0 saturated heterocycles. The van der Waals surface area contributed by atoms with Crippen molar-refractivity contribution in [3.63, 3.8) is 0 Å². The number of rotatable bonds is 7. The molecule has 0 heterocycles. The Bertz CT molecular complexity index is 514. The van der Waals surface area contributed by atoms with Gasteiger partial charge >= 0.3 is 0 Å². The molecular weight excluding hydrogens is 282 g/mol. The predicted molar refractivity (Wildman–Crippen MR) is 87.3 cm³/mol. The lowest BCUT2D eigenvalue weighted by Crippen LogP contribution is -2.38. The Morgan fingerprint density at radius 2 is 1.38 bits per heavy atom. The van der Waals surface area contributed by atoms with Crippen LogP contribution >= 0.6 is 11.6 Å². The van der Waals surface area contributed by atoms with Crippen molar-refractivity contribution in [3.05, 3.63) is 71.8 Å². The maximum atomic E-state index is 12.0. The first-order valence-electron chi connectivity index (χ1n) is 7.11. The first-order chi connectivity index (χ1) is 10.2. The van der Waals surface area contributed by atoms with Gasteiger partial charge in [0.25, 0.3) is 0 Å². The van der Waals surface area contributed by atoms with Crippen LogP contribution in [-0.2, 0) is 17.9 Å². The number of alkyl halides is 1. The molecule has 0 bridgehead atoms. The summed E-state index contributed by atoms with van der Waals surface area (Å²) < 4.78 is 0. The number of carbonyl (C=O) groups is 1. The Morgan fingerprint density at radius 3 is 1.76 bits per heavy atom. The SMILES string of the molecule is CC(C(=O)CCl)N(Cc1ccccc1)Cc1ccccc1. The van der Waals surface area contributed by atoms with Gasteiger partial charge in [0.15, 0.2) is 5.78 Å². The molecule has 0 N–H and O–H groups in total. The Hall–Kier alpha value is -1.64. The summed E-state index contributed by atoms with van der Waals surface area (Å²) >= 11 is 5.72. The van der Waals surface area contributed by atoms with Crippen LogP contribution in [-0.4, -0.2) is 22.6 Å². The molecule has 2 aromatic carbocycles. The number of hydrogen-bond acceptors (Lipinski definition) is 2. The standard InChI is InChI=1S/C18H20ClNO/c1-15(18(21)12-19)20(13-16-8-4-2-5-9-16)14-17-10-6-3-7-11-17/h2-11,15H,12-14H2,1H3. The minimum absolute atomic E-state index is 0.0568. The first kappa shape index (κ1) is 15.7. The van der Waals surface area contributed by atoms with E-state index >= 15 is 0 Å². The van der Waals surface area contributed by atoms with E-state index in [1.165, 1.54) is 11.1 Å². The topological polar surface area (TPSA) is 20.3 Å². The van der Waals surface area contributed by atoms with E-state index in [9.17, 15) is 4.79 Å². The van der Waals surface area contributed by atoms with E-state index in [1.807, 2.05) is 43.3 Å². The van der Waals surface area contributed by atoms with Gasteiger partial charge in [0.1, 0.15) is 0 Å². The smallest absolute Gasteiger partial charge is 0.164 e. The van der Waals surface area contributed by atoms with Crippen molar-refractivity contribution in [1.82, 2.24) is 4.90 Å². The number of Topliss-reactive ketones (excluding diaryl/α,β-unsaturated/α-hetero) is 1. The molecule has 21 heavy (non-hydrogen) atoms. The second-order valence-electron chi connectivity index (χ2n) is 5.15. The fourth-order valence-corrected chi connectivity index (χ4v) is 2.50. The zero-order valence-corrected chi connectivity index (χ0v) is 13.0. The summed E-state index contributed by atoms with van der Waals surface area (Å²) in [6.07, 6.45) is 0. The highest BCUT2D eigenvalue weighted by molar-refractivity contribution is 6.28. The third-order valence-electron chi connectivity index (χ3n) is 3.60. The van der Waals surface area contributed by atoms with Gasteiger partial charge in [0.05, 0.1) is 11.9 Å². The van der Waals surface area contributed by atoms with Crippen LogP contribution in [0.3, 0.4) is 0 Å². The summed E-state index contributed by atoms with van der Waals surface area (Å²) in [5.41, 5.74) is 2.39. The number of ketones is 1. The van der Waals surface area contributed by atoms with Gasteiger partial charge in [-0.25, -0.2) is 0 Å². The molecule has 0 amide bonds.